The van der Waals surface area contributed by atoms with Gasteiger partial charge in [0.05, 0.1) is 29.9 Å². The minimum absolute atomic E-state index is 0.175. The molecule has 3 atom stereocenters. The largest absolute Gasteiger partial charge is 0.381 e. The fourth-order valence-electron chi connectivity index (χ4n) is 3.69. The highest BCUT2D eigenvalue weighted by molar-refractivity contribution is 5.61. The third-order valence-electron chi connectivity index (χ3n) is 5.29. The van der Waals surface area contributed by atoms with Crippen molar-refractivity contribution in [2.45, 2.75) is 31.4 Å². The Hall–Kier alpha value is -3.42. The summed E-state index contributed by atoms with van der Waals surface area (Å²) in [4.78, 5) is 3.83. The average Bonchev–Trinajstić information content (AvgIpc) is 3.34. The van der Waals surface area contributed by atoms with Crippen molar-refractivity contribution in [1.82, 2.24) is 20.2 Å². The summed E-state index contributed by atoms with van der Waals surface area (Å²) < 4.78 is 44.1. The Kier molecular flexibility index (Phi) is 4.93. The van der Waals surface area contributed by atoms with Gasteiger partial charge in [0.1, 0.15) is 29.9 Å². The Morgan fingerprint density at radius 2 is 2.10 bits per heavy atom. The second kappa shape index (κ2) is 7.44. The van der Waals surface area contributed by atoms with Gasteiger partial charge in [0.25, 0.3) is 0 Å². The van der Waals surface area contributed by atoms with E-state index in [0.717, 1.165) is 12.1 Å². The van der Waals surface area contributed by atoms with Crippen molar-refractivity contribution in [3.05, 3.63) is 77.4 Å². The number of benzene rings is 2. The van der Waals surface area contributed by atoms with Crippen molar-refractivity contribution in [2.24, 2.45) is 0 Å². The summed E-state index contributed by atoms with van der Waals surface area (Å²) >= 11 is 0. The summed E-state index contributed by atoms with van der Waals surface area (Å²) in [5.74, 6) is -1.73. The van der Waals surface area contributed by atoms with Crippen molar-refractivity contribution in [3.8, 4) is 6.07 Å². The summed E-state index contributed by atoms with van der Waals surface area (Å²) in [6, 6.07) is 8.37. The van der Waals surface area contributed by atoms with Crippen LogP contribution in [0.3, 0.4) is 0 Å². The molecule has 3 aromatic rings. The first-order valence-electron chi connectivity index (χ1n) is 9.07. The van der Waals surface area contributed by atoms with Crippen LogP contribution in [0.25, 0.3) is 0 Å². The lowest BCUT2D eigenvalue weighted by atomic mass is 9.85. The Morgan fingerprint density at radius 3 is 2.77 bits per heavy atom. The third-order valence-corrected chi connectivity index (χ3v) is 5.29. The van der Waals surface area contributed by atoms with E-state index in [4.69, 9.17) is 5.26 Å². The number of halogens is 3. The van der Waals surface area contributed by atoms with Gasteiger partial charge in [0, 0.05) is 17.2 Å². The first-order valence-corrected chi connectivity index (χ1v) is 9.07. The predicted molar refractivity (Wildman–Crippen MR) is 100 cm³/mol. The van der Waals surface area contributed by atoms with Gasteiger partial charge in [0.2, 0.25) is 0 Å². The van der Waals surface area contributed by atoms with Gasteiger partial charge in [0.15, 0.2) is 6.30 Å². The van der Waals surface area contributed by atoms with Gasteiger partial charge >= 0.3 is 0 Å². The zero-order valence-electron chi connectivity index (χ0n) is 15.8. The number of alkyl halides is 1. The molecular weight excluding hydrogens is 397 g/mol. The number of anilines is 1. The highest BCUT2D eigenvalue weighted by Gasteiger charge is 2.45. The second-order valence-corrected chi connectivity index (χ2v) is 7.06. The van der Waals surface area contributed by atoms with Crippen LogP contribution in [0.5, 0.6) is 0 Å². The molecule has 1 aromatic heterocycles. The second-order valence-electron chi connectivity index (χ2n) is 7.06. The molecular formula is C20H17F3N6O. The molecule has 1 aliphatic heterocycles. The van der Waals surface area contributed by atoms with E-state index in [1.54, 1.807) is 13.0 Å². The molecule has 0 fully saturated rings. The van der Waals surface area contributed by atoms with Crippen LogP contribution in [0, 0.1) is 23.0 Å². The number of nitrogens with zero attached hydrogens (tertiary/aromatic N) is 5. The molecule has 0 saturated carbocycles. The minimum Gasteiger partial charge on any atom is -0.381 e. The standard InChI is InChI=1S/C20H17F3N6O/c1-12(29-18-5-2-13(8-24)6-15(18)19(23)27-29)20(30,9-28-11-25-10-26-28)16-4-3-14(21)7-17(16)22/h2-7,10-12,19,27,30H,9H2,1H3/t12-,19?,20-/m1/s1. The monoisotopic (exact) mass is 414 g/mol. The van der Waals surface area contributed by atoms with E-state index in [1.165, 1.54) is 34.5 Å². The molecule has 2 heterocycles. The third kappa shape index (κ3) is 3.28. The van der Waals surface area contributed by atoms with E-state index in [1.807, 2.05) is 6.07 Å². The Labute approximate surface area is 170 Å². The Bertz CT molecular complexity index is 1120. The molecule has 1 unspecified atom stereocenters. The van der Waals surface area contributed by atoms with Crippen LogP contribution in [0.4, 0.5) is 18.9 Å². The first-order chi connectivity index (χ1) is 14.3. The molecule has 1 aliphatic rings. The summed E-state index contributed by atoms with van der Waals surface area (Å²) in [7, 11) is 0. The van der Waals surface area contributed by atoms with Crippen LogP contribution in [0.2, 0.25) is 0 Å². The number of fused-ring (bicyclic) bond motifs is 1. The summed E-state index contributed by atoms with van der Waals surface area (Å²) in [5.41, 5.74) is 1.40. The molecule has 2 aromatic carbocycles. The average molecular weight is 414 g/mol. The van der Waals surface area contributed by atoms with Gasteiger partial charge in [-0.25, -0.2) is 22.8 Å². The van der Waals surface area contributed by atoms with E-state index in [0.29, 0.717) is 11.8 Å². The van der Waals surface area contributed by atoms with E-state index in [2.05, 4.69) is 15.5 Å². The summed E-state index contributed by atoms with van der Waals surface area (Å²) in [5, 5.41) is 26.1. The van der Waals surface area contributed by atoms with E-state index < -0.39 is 29.6 Å². The fourth-order valence-corrected chi connectivity index (χ4v) is 3.69. The normalized spacial score (nSPS) is 18.5. The number of rotatable bonds is 5. The molecule has 0 spiro atoms. The van der Waals surface area contributed by atoms with Gasteiger partial charge < -0.3 is 5.11 Å². The lowest BCUT2D eigenvalue weighted by molar-refractivity contribution is -0.0149. The summed E-state index contributed by atoms with van der Waals surface area (Å²) in [6.45, 7) is 1.35. The molecule has 4 rings (SSSR count). The highest BCUT2D eigenvalue weighted by Crippen LogP contribution is 2.40. The van der Waals surface area contributed by atoms with Gasteiger partial charge in [-0.3, -0.25) is 5.01 Å². The van der Waals surface area contributed by atoms with Crippen molar-refractivity contribution in [2.75, 3.05) is 5.01 Å². The van der Waals surface area contributed by atoms with Crippen molar-refractivity contribution < 1.29 is 18.3 Å². The Morgan fingerprint density at radius 1 is 1.30 bits per heavy atom. The molecule has 0 amide bonds. The van der Waals surface area contributed by atoms with Crippen molar-refractivity contribution >= 4 is 5.69 Å². The maximum absolute atomic E-state index is 14.7. The number of hydrogen-bond donors (Lipinski definition) is 2. The molecule has 0 radical (unpaired) electrons. The molecule has 30 heavy (non-hydrogen) atoms. The molecule has 2 N–H and O–H groups in total. The van der Waals surface area contributed by atoms with Gasteiger partial charge in [-0.05, 0) is 31.2 Å². The lowest BCUT2D eigenvalue weighted by Gasteiger charge is -2.40. The fraction of sp³-hybridized carbons (Fsp3) is 0.250. The van der Waals surface area contributed by atoms with Crippen LogP contribution in [-0.2, 0) is 12.1 Å². The first kappa shape index (κ1) is 19.9. The van der Waals surface area contributed by atoms with Crippen LogP contribution in [0.1, 0.15) is 29.9 Å². The Balaban J connectivity index is 1.79. The van der Waals surface area contributed by atoms with Crippen LogP contribution >= 0.6 is 0 Å². The minimum atomic E-state index is -1.95. The van der Waals surface area contributed by atoms with E-state index >= 15 is 0 Å². The number of hydrazine groups is 1. The zero-order chi connectivity index (χ0) is 21.5. The lowest BCUT2D eigenvalue weighted by Crippen LogP contribution is -2.55. The molecule has 7 nitrogen and oxygen atoms in total. The molecule has 0 bridgehead atoms. The van der Waals surface area contributed by atoms with E-state index in [-0.39, 0.29) is 23.2 Å². The maximum Gasteiger partial charge on any atom is 0.195 e. The number of nitrogens with one attached hydrogen (secondary N) is 1. The smallest absolute Gasteiger partial charge is 0.195 e. The van der Waals surface area contributed by atoms with Gasteiger partial charge in [-0.1, -0.05) is 6.07 Å². The summed E-state index contributed by atoms with van der Waals surface area (Å²) in [6.07, 6.45) is 0.988. The zero-order valence-corrected chi connectivity index (χ0v) is 15.8. The SMILES string of the molecule is C[C@@H](N1NC(F)c2cc(C#N)ccc21)[C@](O)(Cn1cncn1)c1ccc(F)cc1F. The quantitative estimate of drug-likeness (QED) is 0.624. The number of aliphatic hydroxyl groups is 1. The number of nitriles is 1. The molecule has 154 valence electrons. The number of aromatic nitrogens is 3. The number of hydrogen-bond acceptors (Lipinski definition) is 6. The molecule has 0 aliphatic carbocycles. The van der Waals surface area contributed by atoms with Crippen LogP contribution < -0.4 is 10.4 Å². The van der Waals surface area contributed by atoms with Gasteiger partial charge in [-0.15, -0.1) is 0 Å². The van der Waals surface area contributed by atoms with Crippen molar-refractivity contribution in [1.29, 1.82) is 5.26 Å². The molecule has 0 saturated heterocycles. The van der Waals surface area contributed by atoms with Crippen LogP contribution in [0.15, 0.2) is 49.1 Å². The van der Waals surface area contributed by atoms with E-state index in [9.17, 15) is 18.3 Å². The molecule has 10 heteroatoms. The van der Waals surface area contributed by atoms with Gasteiger partial charge in [-0.2, -0.15) is 15.8 Å². The van der Waals surface area contributed by atoms with Crippen LogP contribution in [-0.4, -0.2) is 25.9 Å². The van der Waals surface area contributed by atoms with Crippen molar-refractivity contribution in [3.63, 3.8) is 0 Å². The highest BCUT2D eigenvalue weighted by atomic mass is 19.1. The predicted octanol–water partition coefficient (Wildman–Crippen LogP) is 2.70. The topological polar surface area (TPSA) is 90.0 Å². The maximum atomic E-state index is 14.7.